The van der Waals surface area contributed by atoms with Crippen molar-refractivity contribution in [3.8, 4) is 0 Å². The molecule has 0 saturated carbocycles. The van der Waals surface area contributed by atoms with Gasteiger partial charge in [-0.25, -0.2) is 0 Å². The molecule has 0 aliphatic heterocycles. The molecule has 4 heteroatoms. The minimum Gasteiger partial charge on any atom is -0.398 e. The van der Waals surface area contributed by atoms with E-state index < -0.39 is 0 Å². The summed E-state index contributed by atoms with van der Waals surface area (Å²) in [6, 6.07) is 13.5. The quantitative estimate of drug-likeness (QED) is 0.819. The summed E-state index contributed by atoms with van der Waals surface area (Å²) in [5, 5.41) is 2.98. The number of carbonyl (C=O) groups excluding carboxylic acids is 1. The zero-order valence-corrected chi connectivity index (χ0v) is 13.8. The van der Waals surface area contributed by atoms with Crippen LogP contribution in [0.5, 0.6) is 0 Å². The molecule has 0 fully saturated rings. The third-order valence-corrected chi connectivity index (χ3v) is 3.99. The molecule has 1 unspecified atom stereocenters. The predicted octanol–water partition coefficient (Wildman–Crippen LogP) is 4.08. The van der Waals surface area contributed by atoms with Crippen LogP contribution >= 0.6 is 15.9 Å². The number of carbonyl (C=O) groups is 1. The Morgan fingerprint density at radius 3 is 2.52 bits per heavy atom. The maximum absolute atomic E-state index is 12.3. The Balaban J connectivity index is 2.12. The summed E-state index contributed by atoms with van der Waals surface area (Å²) >= 11 is 3.36. The molecule has 3 N–H and O–H groups in total. The number of aryl methyl sites for hydroxylation is 1. The van der Waals surface area contributed by atoms with Gasteiger partial charge in [0.2, 0.25) is 0 Å². The van der Waals surface area contributed by atoms with Crippen LogP contribution in [0.3, 0.4) is 0 Å². The lowest BCUT2D eigenvalue weighted by atomic mass is 10.0. The maximum Gasteiger partial charge on any atom is 0.253 e. The van der Waals surface area contributed by atoms with E-state index in [4.69, 9.17) is 5.73 Å². The zero-order chi connectivity index (χ0) is 15.4. The van der Waals surface area contributed by atoms with Crippen molar-refractivity contribution in [1.29, 1.82) is 0 Å². The van der Waals surface area contributed by atoms with E-state index in [0.717, 1.165) is 16.5 Å². The number of anilines is 1. The van der Waals surface area contributed by atoms with Crippen LogP contribution in [0.4, 0.5) is 5.69 Å². The second-order valence-electron chi connectivity index (χ2n) is 5.02. The summed E-state index contributed by atoms with van der Waals surface area (Å²) in [7, 11) is 0. The van der Waals surface area contributed by atoms with Gasteiger partial charge in [-0.3, -0.25) is 4.79 Å². The highest BCUT2D eigenvalue weighted by atomic mass is 79.9. The molecule has 0 aromatic heterocycles. The van der Waals surface area contributed by atoms with Crippen molar-refractivity contribution in [3.63, 3.8) is 0 Å². The number of hydrogen-bond donors (Lipinski definition) is 2. The van der Waals surface area contributed by atoms with Gasteiger partial charge in [0.25, 0.3) is 5.91 Å². The van der Waals surface area contributed by atoms with Crippen molar-refractivity contribution >= 4 is 27.5 Å². The van der Waals surface area contributed by atoms with Crippen LogP contribution in [-0.2, 0) is 6.42 Å². The van der Waals surface area contributed by atoms with Crippen molar-refractivity contribution in [3.05, 3.63) is 63.6 Å². The van der Waals surface area contributed by atoms with Gasteiger partial charge in [-0.2, -0.15) is 0 Å². The van der Waals surface area contributed by atoms with Gasteiger partial charge < -0.3 is 11.1 Å². The first-order valence-corrected chi connectivity index (χ1v) is 7.75. The Morgan fingerprint density at radius 1 is 1.24 bits per heavy atom. The van der Waals surface area contributed by atoms with Gasteiger partial charge in [0.15, 0.2) is 0 Å². The lowest BCUT2D eigenvalue weighted by Gasteiger charge is -2.16. The molecule has 0 aliphatic rings. The molecule has 0 bridgehead atoms. The van der Waals surface area contributed by atoms with Crippen LogP contribution in [0, 0.1) is 0 Å². The van der Waals surface area contributed by atoms with Crippen LogP contribution in [0.2, 0.25) is 0 Å². The Hall–Kier alpha value is -1.81. The van der Waals surface area contributed by atoms with E-state index in [9.17, 15) is 4.79 Å². The number of halogens is 1. The third kappa shape index (κ3) is 3.85. The second-order valence-corrected chi connectivity index (χ2v) is 5.94. The molecule has 0 aliphatic carbocycles. The highest BCUT2D eigenvalue weighted by molar-refractivity contribution is 9.10. The normalized spacial score (nSPS) is 12.0. The first-order chi connectivity index (χ1) is 10.0. The minimum atomic E-state index is -0.166. The number of nitrogens with one attached hydrogen (secondary N) is 1. The fraction of sp³-hybridized carbons (Fsp3) is 0.235. The van der Waals surface area contributed by atoms with E-state index in [2.05, 4.69) is 40.3 Å². The SMILES string of the molecule is CCc1ccc(C(C)NC(=O)c2cc(Br)ccc2N)cc1. The van der Waals surface area contributed by atoms with Crippen LogP contribution in [0.1, 0.15) is 41.4 Å². The number of nitrogens with two attached hydrogens (primary N) is 1. The molecule has 0 spiro atoms. The average molecular weight is 347 g/mol. The molecule has 2 aromatic carbocycles. The van der Waals surface area contributed by atoms with Crippen LogP contribution in [0.25, 0.3) is 0 Å². The van der Waals surface area contributed by atoms with Gasteiger partial charge in [-0.05, 0) is 42.7 Å². The molecule has 110 valence electrons. The smallest absolute Gasteiger partial charge is 0.253 e. The maximum atomic E-state index is 12.3. The standard InChI is InChI=1S/C17H19BrN2O/c1-3-12-4-6-13(7-5-12)11(2)20-17(21)15-10-14(18)8-9-16(15)19/h4-11H,3,19H2,1-2H3,(H,20,21). The van der Waals surface area contributed by atoms with Crippen LogP contribution in [0.15, 0.2) is 46.9 Å². The number of benzene rings is 2. The topological polar surface area (TPSA) is 55.1 Å². The average Bonchev–Trinajstić information content (AvgIpc) is 2.49. The van der Waals surface area contributed by atoms with Crippen LogP contribution in [-0.4, -0.2) is 5.91 Å². The Labute approximate surface area is 133 Å². The molecular weight excluding hydrogens is 328 g/mol. The molecule has 0 radical (unpaired) electrons. The third-order valence-electron chi connectivity index (χ3n) is 3.50. The van der Waals surface area contributed by atoms with Crippen molar-refractivity contribution in [2.75, 3.05) is 5.73 Å². The number of rotatable bonds is 4. The summed E-state index contributed by atoms with van der Waals surface area (Å²) < 4.78 is 0.835. The Bertz CT molecular complexity index is 638. The molecule has 0 heterocycles. The van der Waals surface area contributed by atoms with Crippen molar-refractivity contribution in [1.82, 2.24) is 5.32 Å². The van der Waals surface area contributed by atoms with E-state index in [1.807, 2.05) is 25.1 Å². The first-order valence-electron chi connectivity index (χ1n) is 6.96. The molecule has 3 nitrogen and oxygen atoms in total. The Morgan fingerprint density at radius 2 is 1.90 bits per heavy atom. The van der Waals surface area contributed by atoms with E-state index >= 15 is 0 Å². The van der Waals surface area contributed by atoms with Gasteiger partial charge in [-0.15, -0.1) is 0 Å². The zero-order valence-electron chi connectivity index (χ0n) is 12.2. The fourth-order valence-corrected chi connectivity index (χ4v) is 2.49. The van der Waals surface area contributed by atoms with Crippen molar-refractivity contribution in [2.24, 2.45) is 0 Å². The lowest BCUT2D eigenvalue weighted by molar-refractivity contribution is 0.0940. The van der Waals surface area contributed by atoms with E-state index in [1.54, 1.807) is 12.1 Å². The first kappa shape index (κ1) is 15.6. The molecule has 1 atom stereocenters. The van der Waals surface area contributed by atoms with Gasteiger partial charge >= 0.3 is 0 Å². The highest BCUT2D eigenvalue weighted by Gasteiger charge is 2.14. The largest absolute Gasteiger partial charge is 0.398 e. The van der Waals surface area contributed by atoms with E-state index in [1.165, 1.54) is 5.56 Å². The Kier molecular flexibility index (Phi) is 5.02. The van der Waals surface area contributed by atoms with Gasteiger partial charge in [0.1, 0.15) is 0 Å². The number of nitrogen functional groups attached to an aromatic ring is 1. The fourth-order valence-electron chi connectivity index (χ4n) is 2.12. The number of hydrogen-bond acceptors (Lipinski definition) is 2. The molecule has 21 heavy (non-hydrogen) atoms. The van der Waals surface area contributed by atoms with Gasteiger partial charge in [-0.1, -0.05) is 47.1 Å². The van der Waals surface area contributed by atoms with E-state index in [-0.39, 0.29) is 11.9 Å². The van der Waals surface area contributed by atoms with Gasteiger partial charge in [0, 0.05) is 10.2 Å². The molecule has 0 saturated heterocycles. The van der Waals surface area contributed by atoms with Crippen LogP contribution < -0.4 is 11.1 Å². The summed E-state index contributed by atoms with van der Waals surface area (Å²) in [6.07, 6.45) is 1.01. The highest BCUT2D eigenvalue weighted by Crippen LogP contribution is 2.20. The molecule has 2 rings (SSSR count). The molecule has 1 amide bonds. The number of amides is 1. The summed E-state index contributed by atoms with van der Waals surface area (Å²) in [4.78, 5) is 12.3. The van der Waals surface area contributed by atoms with Crippen molar-refractivity contribution < 1.29 is 4.79 Å². The predicted molar refractivity (Wildman–Crippen MR) is 90.3 cm³/mol. The monoisotopic (exact) mass is 346 g/mol. The minimum absolute atomic E-state index is 0.0678. The summed E-state index contributed by atoms with van der Waals surface area (Å²) in [6.45, 7) is 4.09. The van der Waals surface area contributed by atoms with Crippen molar-refractivity contribution in [2.45, 2.75) is 26.3 Å². The van der Waals surface area contributed by atoms with Gasteiger partial charge in [0.05, 0.1) is 11.6 Å². The molecule has 2 aromatic rings. The lowest BCUT2D eigenvalue weighted by Crippen LogP contribution is -2.27. The summed E-state index contributed by atoms with van der Waals surface area (Å²) in [5.41, 5.74) is 9.19. The second kappa shape index (κ2) is 6.76. The molecular formula is C17H19BrN2O. The van der Waals surface area contributed by atoms with E-state index in [0.29, 0.717) is 11.3 Å². The summed E-state index contributed by atoms with van der Waals surface area (Å²) in [5.74, 6) is -0.166.